The lowest BCUT2D eigenvalue weighted by molar-refractivity contribution is 0.296. The van der Waals surface area contributed by atoms with E-state index in [0.29, 0.717) is 6.54 Å². The van der Waals surface area contributed by atoms with E-state index >= 15 is 0 Å². The van der Waals surface area contributed by atoms with Crippen molar-refractivity contribution in [2.45, 2.75) is 49.0 Å². The molecule has 1 aromatic carbocycles. The highest BCUT2D eigenvalue weighted by Crippen LogP contribution is 2.41. The third-order valence-electron chi connectivity index (χ3n) is 5.38. The summed E-state index contributed by atoms with van der Waals surface area (Å²) in [6.07, 6.45) is 6.25. The minimum atomic E-state index is -3.66. The second kappa shape index (κ2) is 9.07. The highest BCUT2D eigenvalue weighted by molar-refractivity contribution is 7.89. The summed E-state index contributed by atoms with van der Waals surface area (Å²) >= 11 is 1.84. The molecule has 1 fully saturated rings. The van der Waals surface area contributed by atoms with Gasteiger partial charge in [-0.1, -0.05) is 37.5 Å². The molecule has 2 aromatic rings. The zero-order chi connectivity index (χ0) is 20.0. The van der Waals surface area contributed by atoms with E-state index in [-0.39, 0.29) is 10.3 Å². The fraction of sp³-hybridized carbons (Fsp3) is 0.450. The topological polar surface area (TPSA) is 96.6 Å². The first-order chi connectivity index (χ1) is 13.4. The largest absolute Gasteiger partial charge is 0.355 e. The smallest absolute Gasteiger partial charge is 0.238 e. The maximum absolute atomic E-state index is 11.4. The molecule has 8 heteroatoms. The van der Waals surface area contributed by atoms with E-state index in [9.17, 15) is 8.42 Å². The molecule has 6 nitrogen and oxygen atoms in total. The van der Waals surface area contributed by atoms with Crippen molar-refractivity contribution in [3.63, 3.8) is 0 Å². The van der Waals surface area contributed by atoms with Gasteiger partial charge in [0.15, 0.2) is 5.96 Å². The third kappa shape index (κ3) is 5.12. The predicted octanol–water partition coefficient (Wildman–Crippen LogP) is 2.96. The predicted molar refractivity (Wildman–Crippen MR) is 115 cm³/mol. The number of rotatable bonds is 6. The van der Waals surface area contributed by atoms with Gasteiger partial charge in [0.1, 0.15) is 0 Å². The molecule has 3 rings (SSSR count). The second-order valence-corrected chi connectivity index (χ2v) is 9.80. The number of primary sulfonamides is 1. The minimum absolute atomic E-state index is 0.119. The van der Waals surface area contributed by atoms with Gasteiger partial charge in [-0.3, -0.25) is 4.99 Å². The quantitative estimate of drug-likeness (QED) is 0.494. The molecule has 0 bridgehead atoms. The average Bonchev–Trinajstić information content (AvgIpc) is 3.24. The first-order valence-corrected chi connectivity index (χ1v) is 12.0. The van der Waals surface area contributed by atoms with Crippen LogP contribution in [0.4, 0.5) is 0 Å². The standard InChI is InChI=1S/C20H28N4O2S2/c1-22-19(23-14-16-7-9-17(10-8-16)28(21,25)26)24-15-20(11-3-2-4-12-20)18-6-5-13-27-18/h5-10,13H,2-4,11-12,14-15H2,1H3,(H2,21,25,26)(H2,22,23,24). The van der Waals surface area contributed by atoms with E-state index in [4.69, 9.17) is 5.14 Å². The lowest BCUT2D eigenvalue weighted by atomic mass is 9.73. The van der Waals surface area contributed by atoms with Crippen LogP contribution in [0.5, 0.6) is 0 Å². The van der Waals surface area contributed by atoms with E-state index in [2.05, 4.69) is 33.1 Å². The number of nitrogens with two attached hydrogens (primary N) is 1. The summed E-state index contributed by atoms with van der Waals surface area (Å²) in [6, 6.07) is 10.9. The molecule has 0 aliphatic heterocycles. The van der Waals surface area contributed by atoms with Crippen molar-refractivity contribution in [1.82, 2.24) is 10.6 Å². The lowest BCUT2D eigenvalue weighted by Crippen LogP contribution is -2.46. The molecule has 28 heavy (non-hydrogen) atoms. The van der Waals surface area contributed by atoms with Gasteiger partial charge in [-0.15, -0.1) is 11.3 Å². The van der Waals surface area contributed by atoms with Gasteiger partial charge in [-0.25, -0.2) is 13.6 Å². The van der Waals surface area contributed by atoms with Crippen LogP contribution in [0, 0.1) is 0 Å². The van der Waals surface area contributed by atoms with Crippen LogP contribution in [0.1, 0.15) is 42.5 Å². The van der Waals surface area contributed by atoms with E-state index in [1.807, 2.05) is 11.3 Å². The maximum Gasteiger partial charge on any atom is 0.238 e. The van der Waals surface area contributed by atoms with Gasteiger partial charge in [0.25, 0.3) is 0 Å². The van der Waals surface area contributed by atoms with E-state index in [1.54, 1.807) is 19.2 Å². The van der Waals surface area contributed by atoms with Gasteiger partial charge >= 0.3 is 0 Å². The lowest BCUT2D eigenvalue weighted by Gasteiger charge is -2.37. The Balaban J connectivity index is 1.60. The molecule has 0 amide bonds. The van der Waals surface area contributed by atoms with Crippen molar-refractivity contribution in [3.8, 4) is 0 Å². The maximum atomic E-state index is 11.4. The number of aliphatic imine (C=N–C) groups is 1. The molecule has 1 heterocycles. The summed E-state index contributed by atoms with van der Waals surface area (Å²) in [5.74, 6) is 0.747. The number of guanidine groups is 1. The average molecular weight is 421 g/mol. The highest BCUT2D eigenvalue weighted by atomic mass is 32.2. The Kier molecular flexibility index (Phi) is 6.74. The second-order valence-electron chi connectivity index (χ2n) is 7.29. The molecule has 1 aliphatic rings. The Morgan fingerprint density at radius 1 is 1.14 bits per heavy atom. The number of thiophene rings is 1. The summed E-state index contributed by atoms with van der Waals surface area (Å²) in [5, 5.41) is 14.1. The van der Waals surface area contributed by atoms with Crippen LogP contribution >= 0.6 is 11.3 Å². The van der Waals surface area contributed by atoms with Gasteiger partial charge in [-0.05, 0) is 42.0 Å². The molecule has 1 aliphatic carbocycles. The van der Waals surface area contributed by atoms with Gasteiger partial charge in [0.2, 0.25) is 10.0 Å². The molecule has 0 saturated heterocycles. The fourth-order valence-electron chi connectivity index (χ4n) is 3.78. The summed E-state index contributed by atoms with van der Waals surface area (Å²) in [7, 11) is -1.90. The molecule has 1 saturated carbocycles. The number of nitrogens with zero attached hydrogens (tertiary/aromatic N) is 1. The Hall–Kier alpha value is -1.90. The minimum Gasteiger partial charge on any atom is -0.355 e. The Morgan fingerprint density at radius 2 is 1.86 bits per heavy atom. The van der Waals surface area contributed by atoms with Crippen molar-refractivity contribution in [2.24, 2.45) is 10.1 Å². The van der Waals surface area contributed by atoms with Crippen LogP contribution < -0.4 is 15.8 Å². The monoisotopic (exact) mass is 420 g/mol. The Morgan fingerprint density at radius 3 is 2.43 bits per heavy atom. The van der Waals surface area contributed by atoms with E-state index < -0.39 is 10.0 Å². The van der Waals surface area contributed by atoms with Crippen LogP contribution in [0.3, 0.4) is 0 Å². The van der Waals surface area contributed by atoms with Crippen molar-refractivity contribution in [1.29, 1.82) is 0 Å². The SMILES string of the molecule is CN=C(NCc1ccc(S(N)(=O)=O)cc1)NCC1(c2cccs2)CCCCC1. The van der Waals surface area contributed by atoms with Crippen molar-refractivity contribution in [2.75, 3.05) is 13.6 Å². The third-order valence-corrected chi connectivity index (χ3v) is 7.43. The Bertz CT molecular complexity index is 885. The van der Waals surface area contributed by atoms with Gasteiger partial charge < -0.3 is 10.6 Å². The van der Waals surface area contributed by atoms with E-state index in [0.717, 1.165) is 18.1 Å². The van der Waals surface area contributed by atoms with Crippen LogP contribution in [0.15, 0.2) is 51.7 Å². The number of sulfonamides is 1. The number of hydrogen-bond donors (Lipinski definition) is 3. The summed E-state index contributed by atoms with van der Waals surface area (Å²) in [6.45, 7) is 1.41. The molecule has 0 atom stereocenters. The van der Waals surface area contributed by atoms with Crippen molar-refractivity contribution < 1.29 is 8.42 Å². The molecule has 1 aromatic heterocycles. The number of nitrogens with one attached hydrogen (secondary N) is 2. The fourth-order valence-corrected chi connectivity index (χ4v) is 5.28. The van der Waals surface area contributed by atoms with Crippen molar-refractivity contribution >= 4 is 27.3 Å². The summed E-state index contributed by atoms with van der Waals surface area (Å²) in [5.41, 5.74) is 1.14. The van der Waals surface area contributed by atoms with Crippen molar-refractivity contribution in [3.05, 3.63) is 52.2 Å². The zero-order valence-electron chi connectivity index (χ0n) is 16.1. The molecule has 152 valence electrons. The molecular formula is C20H28N4O2S2. The highest BCUT2D eigenvalue weighted by Gasteiger charge is 2.34. The molecule has 0 spiro atoms. The first-order valence-electron chi connectivity index (χ1n) is 9.53. The number of benzene rings is 1. The van der Waals surface area contributed by atoms with Crippen LogP contribution in [-0.4, -0.2) is 28.0 Å². The van der Waals surface area contributed by atoms with Gasteiger partial charge in [0, 0.05) is 30.4 Å². The van der Waals surface area contributed by atoms with Crippen LogP contribution in [-0.2, 0) is 22.0 Å². The molecular weight excluding hydrogens is 392 g/mol. The van der Waals surface area contributed by atoms with Crippen LogP contribution in [0.25, 0.3) is 0 Å². The summed E-state index contributed by atoms with van der Waals surface area (Å²) < 4.78 is 22.7. The molecule has 4 N–H and O–H groups in total. The van der Waals surface area contributed by atoms with E-state index in [1.165, 1.54) is 49.1 Å². The van der Waals surface area contributed by atoms with Gasteiger partial charge in [-0.2, -0.15) is 0 Å². The summed E-state index contributed by atoms with van der Waals surface area (Å²) in [4.78, 5) is 5.91. The van der Waals surface area contributed by atoms with Gasteiger partial charge in [0.05, 0.1) is 4.90 Å². The zero-order valence-corrected chi connectivity index (χ0v) is 17.8. The molecule has 0 unspecified atom stereocenters. The number of hydrogen-bond acceptors (Lipinski definition) is 4. The Labute approximate surface area is 171 Å². The first kappa shape index (κ1) is 20.8. The molecule has 0 radical (unpaired) electrons. The normalized spacial score (nSPS) is 17.3. The van der Waals surface area contributed by atoms with Crippen LogP contribution in [0.2, 0.25) is 0 Å².